The molecule has 0 amide bonds. The van der Waals surface area contributed by atoms with Crippen LogP contribution in [0, 0.1) is 0 Å². The quantitative estimate of drug-likeness (QED) is 0.0929. The zero-order valence-electron chi connectivity index (χ0n) is 25.0. The molecule has 12 atom stereocenters. The van der Waals surface area contributed by atoms with Gasteiger partial charge in [0.15, 0.2) is 58.0 Å². The van der Waals surface area contributed by atoms with Crippen LogP contribution in [0.4, 0.5) is 0 Å². The van der Waals surface area contributed by atoms with Crippen molar-refractivity contribution < 1.29 is 88.6 Å². The molecule has 45 heavy (non-hydrogen) atoms. The molecule has 2 unspecified atom stereocenters. The number of hydrogen-bond acceptors (Lipinski definition) is 18. The highest BCUT2D eigenvalue weighted by molar-refractivity contribution is 9.10. The summed E-state index contributed by atoms with van der Waals surface area (Å²) in [6, 6.07) is 0. The van der Waals surface area contributed by atoms with E-state index in [9.17, 15) is 74.4 Å². The van der Waals surface area contributed by atoms with Gasteiger partial charge in [0.2, 0.25) is 16.8 Å². The van der Waals surface area contributed by atoms with Gasteiger partial charge in [0.05, 0.1) is 0 Å². The highest BCUT2D eigenvalue weighted by Crippen LogP contribution is 2.56. The third kappa shape index (κ3) is 4.92. The fourth-order valence-corrected chi connectivity index (χ4v) is 6.61. The van der Waals surface area contributed by atoms with Crippen LogP contribution in [-0.2, 0) is 47.8 Å². The van der Waals surface area contributed by atoms with E-state index >= 15 is 0 Å². The summed E-state index contributed by atoms with van der Waals surface area (Å²) in [6.07, 6.45) is -16.6. The summed E-state index contributed by atoms with van der Waals surface area (Å²) in [7, 11) is 0. The van der Waals surface area contributed by atoms with Gasteiger partial charge in [0.25, 0.3) is 4.70 Å². The second-order valence-corrected chi connectivity index (χ2v) is 12.3. The second kappa shape index (κ2) is 12.1. The average molecular weight is 715 g/mol. The van der Waals surface area contributed by atoms with E-state index in [1.807, 2.05) is 0 Å². The van der Waals surface area contributed by atoms with E-state index in [1.165, 1.54) is 0 Å². The minimum absolute atomic E-state index is 0.442. The minimum atomic E-state index is -4.20. The summed E-state index contributed by atoms with van der Waals surface area (Å²) >= 11 is 2.42. The number of alkyl halides is 1. The van der Waals surface area contributed by atoms with E-state index in [0.717, 1.165) is 6.92 Å². The van der Waals surface area contributed by atoms with Crippen LogP contribution in [-0.4, -0.2) is 151 Å². The molecule has 254 valence electrons. The largest absolute Gasteiger partial charge is 0.387 e. The molecule has 19 heteroatoms. The van der Waals surface area contributed by atoms with Crippen molar-refractivity contribution in [3.8, 4) is 0 Å². The monoisotopic (exact) mass is 714 g/mol. The number of Topliss-reactive ketones (excluding diaryl/α,β-unsaturated/α-hetero) is 7. The highest BCUT2D eigenvalue weighted by atomic mass is 79.9. The van der Waals surface area contributed by atoms with Crippen molar-refractivity contribution in [2.75, 3.05) is 0 Å². The fraction of sp³-hybridized carbons (Fsp3) is 0.731. The molecule has 2 aliphatic heterocycles. The summed E-state index contributed by atoms with van der Waals surface area (Å²) in [5.74, 6) is -11.1. The van der Waals surface area contributed by atoms with Gasteiger partial charge in [-0.3, -0.25) is 33.6 Å². The van der Waals surface area contributed by atoms with Crippen LogP contribution < -0.4 is 0 Å². The van der Waals surface area contributed by atoms with Gasteiger partial charge >= 0.3 is 0 Å². The molecule has 18 nitrogen and oxygen atoms in total. The maximum Gasteiger partial charge on any atom is 0.265 e. The molecule has 2 rings (SSSR count). The Bertz CT molecular complexity index is 1330. The zero-order valence-corrected chi connectivity index (χ0v) is 26.6. The van der Waals surface area contributed by atoms with Gasteiger partial charge in [0.1, 0.15) is 30.5 Å². The maximum atomic E-state index is 13.7. The van der Waals surface area contributed by atoms with Crippen LogP contribution in [0.25, 0.3) is 0 Å². The lowest BCUT2D eigenvalue weighted by atomic mass is 9.59. The molecule has 0 aromatic carbocycles. The molecule has 0 aromatic rings. The Labute approximate surface area is 263 Å². The van der Waals surface area contributed by atoms with E-state index in [0.29, 0.717) is 41.5 Å². The lowest BCUT2D eigenvalue weighted by molar-refractivity contribution is -0.426. The van der Waals surface area contributed by atoms with Crippen LogP contribution in [0.2, 0.25) is 0 Å². The Morgan fingerprint density at radius 1 is 0.667 bits per heavy atom. The molecule has 0 saturated carbocycles. The highest BCUT2D eigenvalue weighted by Gasteiger charge is 2.86. The van der Waals surface area contributed by atoms with Crippen LogP contribution in [0.5, 0.6) is 0 Å². The SMILES string of the molecule is CC(=O)C(O)[C@H]1O[C@@H](O[C@]2(C(C)=O)[C@@H](C(O)C(C)=O)O[C@](O)(Br)[C@@](O)(C(C)=O)[C@]2(O)C(C)=O)[C@@](O)(C(C)=O)[C@](O)(C(C)=O)[C@H]1O. The number of rotatable bonds is 11. The van der Waals surface area contributed by atoms with Crippen molar-refractivity contribution in [1.82, 2.24) is 0 Å². The van der Waals surface area contributed by atoms with E-state index in [2.05, 4.69) is 15.9 Å². The van der Waals surface area contributed by atoms with Crippen molar-refractivity contribution in [2.24, 2.45) is 0 Å². The smallest absolute Gasteiger partial charge is 0.265 e. The fourth-order valence-electron chi connectivity index (χ4n) is 5.84. The van der Waals surface area contributed by atoms with Crippen LogP contribution in [0.1, 0.15) is 48.5 Å². The van der Waals surface area contributed by atoms with Crippen LogP contribution in [0.15, 0.2) is 0 Å². The van der Waals surface area contributed by atoms with E-state index in [4.69, 9.17) is 14.2 Å². The first-order chi connectivity index (χ1) is 20.1. The molecule has 0 aromatic heterocycles. The molecule has 0 bridgehead atoms. The zero-order chi connectivity index (χ0) is 35.6. The number of ketones is 7. The van der Waals surface area contributed by atoms with Crippen molar-refractivity contribution in [2.45, 2.75) is 118 Å². The third-order valence-electron chi connectivity index (χ3n) is 8.47. The molecule has 2 aliphatic rings. The minimum Gasteiger partial charge on any atom is -0.387 e. The molecule has 2 heterocycles. The van der Waals surface area contributed by atoms with Crippen molar-refractivity contribution >= 4 is 56.4 Å². The molecule has 0 radical (unpaired) electrons. The van der Waals surface area contributed by atoms with E-state index in [-0.39, 0.29) is 0 Å². The molecule has 0 spiro atoms. The van der Waals surface area contributed by atoms with Crippen LogP contribution in [0.3, 0.4) is 0 Å². The van der Waals surface area contributed by atoms with Crippen molar-refractivity contribution in [1.29, 1.82) is 0 Å². The number of carbonyl (C=O) groups excluding carboxylic acids is 7. The van der Waals surface area contributed by atoms with E-state index in [1.54, 1.807) is 0 Å². The second-order valence-electron chi connectivity index (χ2n) is 11.2. The molecule has 0 aliphatic carbocycles. The maximum absolute atomic E-state index is 13.7. The predicted octanol–water partition coefficient (Wildman–Crippen LogP) is -4.96. The summed E-state index contributed by atoms with van der Waals surface area (Å²) in [6.45, 7) is 3.87. The van der Waals surface area contributed by atoms with Gasteiger partial charge in [-0.25, -0.2) is 0 Å². The molecule has 2 saturated heterocycles. The van der Waals surface area contributed by atoms with Gasteiger partial charge < -0.3 is 55.1 Å². The molecule has 8 N–H and O–H groups in total. The normalized spacial score (nSPS) is 43.1. The first-order valence-corrected chi connectivity index (χ1v) is 13.8. The summed E-state index contributed by atoms with van der Waals surface area (Å²) in [5, 5.41) is 90.1. The lowest BCUT2D eigenvalue weighted by Crippen LogP contribution is -2.91. The molecular weight excluding hydrogens is 680 g/mol. The lowest BCUT2D eigenvalue weighted by Gasteiger charge is -2.63. The van der Waals surface area contributed by atoms with Crippen molar-refractivity contribution in [3.63, 3.8) is 0 Å². The first-order valence-electron chi connectivity index (χ1n) is 13.1. The average Bonchev–Trinajstić information content (AvgIpc) is 2.91. The Morgan fingerprint density at radius 2 is 1.09 bits per heavy atom. The third-order valence-corrected chi connectivity index (χ3v) is 9.23. The first kappa shape index (κ1) is 38.9. The number of aliphatic hydroxyl groups is 8. The van der Waals surface area contributed by atoms with Gasteiger partial charge in [0, 0.05) is 0 Å². The number of halogens is 1. The van der Waals surface area contributed by atoms with Crippen LogP contribution >= 0.6 is 15.9 Å². The number of ether oxygens (including phenoxy) is 3. The van der Waals surface area contributed by atoms with Gasteiger partial charge in [-0.1, -0.05) is 0 Å². The van der Waals surface area contributed by atoms with Gasteiger partial charge in [-0.15, -0.1) is 0 Å². The van der Waals surface area contributed by atoms with Gasteiger partial charge in [-0.05, 0) is 64.4 Å². The standard InChI is InChI=1S/C26H35BrO18/c1-8(28)15(35)17-18(37)21(38,10(3)30)22(39,11(4)31)20(43-17)45-23(12(5)32)19(16(36)9(2)29)44-26(27,42)25(41,14(7)34)24(23,40)13(6)33/h15-20,35-42H,1-7H3/t15?,16?,17-,18+,19-,20+,21+,22+,23-,24+,25-,26+/m1/s1. The number of hydrogen-bond donors (Lipinski definition) is 8. The number of carbonyl (C=O) groups is 7. The summed E-state index contributed by atoms with van der Waals surface area (Å²) in [4.78, 5) is 90.2. The Kier molecular flexibility index (Phi) is 10.4. The topological polar surface area (TPSA) is 309 Å². The molecular formula is C26H35BrO18. The summed E-state index contributed by atoms with van der Waals surface area (Å²) in [5.41, 5.74) is -19.9. The number of aliphatic hydroxyl groups excluding tert-OH is 3. The predicted molar refractivity (Wildman–Crippen MR) is 144 cm³/mol. The Morgan fingerprint density at radius 3 is 1.42 bits per heavy atom. The summed E-state index contributed by atoms with van der Waals surface area (Å²) < 4.78 is 12.4. The van der Waals surface area contributed by atoms with Crippen molar-refractivity contribution in [3.05, 3.63) is 0 Å². The molecule has 2 fully saturated rings. The van der Waals surface area contributed by atoms with E-state index < -0.39 is 110 Å². The Balaban J connectivity index is 3.24. The van der Waals surface area contributed by atoms with Gasteiger partial charge in [-0.2, -0.15) is 0 Å². The Hall–Kier alpha value is -2.27.